The third-order valence-corrected chi connectivity index (χ3v) is 9.07. The third-order valence-electron chi connectivity index (χ3n) is 8.04. The maximum absolute atomic E-state index is 13.5. The first kappa shape index (κ1) is 28.8. The maximum atomic E-state index is 13.5. The van der Waals surface area contributed by atoms with Crippen LogP contribution in [0.15, 0.2) is 46.7 Å². The zero-order valence-corrected chi connectivity index (χ0v) is 24.1. The molecule has 1 saturated carbocycles. The number of nitrogens with zero attached hydrogens (tertiary/aromatic N) is 4. The molecular weight excluding hydrogens is 554 g/mol. The molecule has 41 heavy (non-hydrogen) atoms. The van der Waals surface area contributed by atoms with Gasteiger partial charge >= 0.3 is 0 Å². The van der Waals surface area contributed by atoms with Crippen LogP contribution in [0.3, 0.4) is 0 Å². The van der Waals surface area contributed by atoms with Crippen LogP contribution in [0, 0.1) is 23.7 Å². The zero-order chi connectivity index (χ0) is 29.5. The van der Waals surface area contributed by atoms with Gasteiger partial charge in [-0.15, -0.1) is 17.7 Å². The molecule has 11 nitrogen and oxygen atoms in total. The fourth-order valence-electron chi connectivity index (χ4n) is 5.59. The fourth-order valence-corrected chi connectivity index (χ4v) is 6.49. The number of thioether (sulfide) groups is 1. The molecule has 0 aromatic carbocycles. The molecule has 2 fully saturated rings. The monoisotopic (exact) mass is 588 g/mol. The quantitative estimate of drug-likeness (QED) is 0.219. The Labute approximate surface area is 242 Å². The van der Waals surface area contributed by atoms with Crippen LogP contribution in [0.4, 0.5) is 8.78 Å². The molecule has 4 unspecified atom stereocenters. The van der Waals surface area contributed by atoms with Gasteiger partial charge in [0.15, 0.2) is 0 Å². The van der Waals surface area contributed by atoms with Gasteiger partial charge in [0, 0.05) is 56.2 Å². The van der Waals surface area contributed by atoms with E-state index in [9.17, 15) is 23.2 Å². The minimum atomic E-state index is -2.50. The Balaban J connectivity index is 1.16. The van der Waals surface area contributed by atoms with E-state index in [-0.39, 0.29) is 36.4 Å². The Kier molecular flexibility index (Phi) is 7.93. The van der Waals surface area contributed by atoms with Gasteiger partial charge < -0.3 is 31.1 Å². The lowest BCUT2D eigenvalue weighted by molar-refractivity contribution is -0.136. The number of carbonyl (C=O) groups excluding carboxylic acids is 3. The smallest absolute Gasteiger partial charge is 0.281 e. The van der Waals surface area contributed by atoms with Gasteiger partial charge in [-0.1, -0.05) is 12.0 Å². The minimum absolute atomic E-state index is 0.0538. The second-order valence-electron chi connectivity index (χ2n) is 10.5. The summed E-state index contributed by atoms with van der Waals surface area (Å²) in [6.45, 7) is 4.31. The molecule has 220 valence electrons. The van der Waals surface area contributed by atoms with Crippen molar-refractivity contribution in [3.8, 4) is 11.8 Å². The van der Waals surface area contributed by atoms with E-state index < -0.39 is 29.7 Å². The average molecular weight is 589 g/mol. The normalized spacial score (nSPS) is 28.4. The molecule has 0 radical (unpaired) electrons. The van der Waals surface area contributed by atoms with Gasteiger partial charge in [0.25, 0.3) is 11.8 Å². The molecule has 1 aliphatic carbocycles. The Morgan fingerprint density at radius 2 is 2.07 bits per heavy atom. The van der Waals surface area contributed by atoms with E-state index in [0.717, 1.165) is 10.5 Å². The first-order valence-corrected chi connectivity index (χ1v) is 14.3. The fraction of sp³-hybridized carbons (Fsp3) is 0.519. The van der Waals surface area contributed by atoms with Crippen LogP contribution in [0.25, 0.3) is 0 Å². The number of piperidine rings is 1. The molecule has 5 rings (SSSR count). The number of amides is 3. The molecule has 14 heteroatoms. The summed E-state index contributed by atoms with van der Waals surface area (Å²) in [7, 11) is 3.46. The number of hydrogen-bond acceptors (Lipinski definition) is 10. The van der Waals surface area contributed by atoms with Crippen LogP contribution < -0.4 is 21.3 Å². The summed E-state index contributed by atoms with van der Waals surface area (Å²) >= 11 is 1.49. The molecule has 4 N–H and O–H groups in total. The second-order valence-corrected chi connectivity index (χ2v) is 11.5. The van der Waals surface area contributed by atoms with Crippen molar-refractivity contribution in [1.29, 1.82) is 0 Å². The lowest BCUT2D eigenvalue weighted by Crippen LogP contribution is -2.48. The van der Waals surface area contributed by atoms with E-state index >= 15 is 0 Å². The number of alkyl halides is 2. The standard InChI is InChI=1S/C27H34F2N8O3S/c1-5-6-9-35(15-38)26(40)22-23(30-3)34(4)14-37(22)16(2)24(39)32-20-13-41-25(33-20)17-7-8-21(31-10-17)36-11-18-19(12-36)27(18,28)29/h7-8,10,13,15-16,18-19,21,25,30-31,33H,9,11-12,14H2,1-4H3,(H,32,39)/t16-,18?,19?,21?,25?/m0/s1. The van der Waals surface area contributed by atoms with Crippen LogP contribution in [-0.4, -0.2) is 102 Å². The molecule has 3 amide bonds. The molecule has 5 aliphatic rings. The summed E-state index contributed by atoms with van der Waals surface area (Å²) < 4.78 is 27.1. The number of halogens is 2. The van der Waals surface area contributed by atoms with Gasteiger partial charge in [0.2, 0.25) is 12.3 Å². The number of likely N-dealkylation sites (tertiary alicyclic amines) is 1. The summed E-state index contributed by atoms with van der Waals surface area (Å²) in [5.74, 6) is 2.00. The number of nitrogens with one attached hydrogen (secondary N) is 4. The molecule has 0 aromatic heterocycles. The lowest BCUT2D eigenvalue weighted by atomic mass is 10.1. The van der Waals surface area contributed by atoms with Crippen molar-refractivity contribution < 1.29 is 23.2 Å². The summed E-state index contributed by atoms with van der Waals surface area (Å²) in [5.41, 5.74) is 1.16. The van der Waals surface area contributed by atoms with Crippen molar-refractivity contribution in [2.45, 2.75) is 37.4 Å². The van der Waals surface area contributed by atoms with Crippen LogP contribution in [0.2, 0.25) is 0 Å². The van der Waals surface area contributed by atoms with Crippen molar-refractivity contribution in [3.05, 3.63) is 46.7 Å². The van der Waals surface area contributed by atoms with Crippen LogP contribution in [0.5, 0.6) is 0 Å². The number of dihydropyridines is 1. The largest absolute Gasteiger partial charge is 0.373 e. The third kappa shape index (κ3) is 5.36. The van der Waals surface area contributed by atoms with E-state index in [1.54, 1.807) is 37.7 Å². The molecular formula is C27H34F2N8O3S. The molecule has 0 aromatic rings. The van der Waals surface area contributed by atoms with Crippen molar-refractivity contribution in [2.75, 3.05) is 40.4 Å². The number of hydrogen-bond donors (Lipinski definition) is 4. The average Bonchev–Trinajstić information content (AvgIpc) is 3.50. The van der Waals surface area contributed by atoms with E-state index in [0.29, 0.717) is 31.1 Å². The number of fused-ring (bicyclic) bond motifs is 1. The van der Waals surface area contributed by atoms with Crippen LogP contribution in [0.1, 0.15) is 13.8 Å². The van der Waals surface area contributed by atoms with Gasteiger partial charge in [-0.3, -0.25) is 24.2 Å². The maximum Gasteiger partial charge on any atom is 0.281 e. The van der Waals surface area contributed by atoms with Crippen molar-refractivity contribution in [3.63, 3.8) is 0 Å². The highest BCUT2D eigenvalue weighted by Gasteiger charge is 2.71. The van der Waals surface area contributed by atoms with Gasteiger partial charge in [0.05, 0.1) is 19.4 Å². The van der Waals surface area contributed by atoms with Gasteiger partial charge in [-0.2, -0.15) is 0 Å². The highest BCUT2D eigenvalue weighted by atomic mass is 32.2. The molecule has 4 heterocycles. The number of rotatable bonds is 9. The van der Waals surface area contributed by atoms with Gasteiger partial charge in [-0.25, -0.2) is 8.78 Å². The predicted molar refractivity (Wildman–Crippen MR) is 150 cm³/mol. The van der Waals surface area contributed by atoms with E-state index in [4.69, 9.17) is 0 Å². The van der Waals surface area contributed by atoms with Crippen molar-refractivity contribution in [2.24, 2.45) is 11.8 Å². The Bertz CT molecular complexity index is 1290. The highest BCUT2D eigenvalue weighted by molar-refractivity contribution is 8.03. The van der Waals surface area contributed by atoms with E-state index in [1.807, 2.05) is 28.7 Å². The van der Waals surface area contributed by atoms with Gasteiger partial charge in [0.1, 0.15) is 28.8 Å². The lowest BCUT2D eigenvalue weighted by Gasteiger charge is -2.31. The minimum Gasteiger partial charge on any atom is -0.373 e. The highest BCUT2D eigenvalue weighted by Crippen LogP contribution is 2.59. The zero-order valence-electron chi connectivity index (χ0n) is 23.3. The van der Waals surface area contributed by atoms with E-state index in [2.05, 4.69) is 33.1 Å². The molecule has 0 spiro atoms. The Morgan fingerprint density at radius 1 is 1.34 bits per heavy atom. The second kappa shape index (κ2) is 11.3. The van der Waals surface area contributed by atoms with Crippen molar-refractivity contribution >= 4 is 30.0 Å². The van der Waals surface area contributed by atoms with E-state index in [1.165, 1.54) is 11.8 Å². The molecule has 4 aliphatic heterocycles. The van der Waals surface area contributed by atoms with Crippen LogP contribution >= 0.6 is 11.8 Å². The summed E-state index contributed by atoms with van der Waals surface area (Å²) in [6.07, 6.45) is 6.15. The first-order chi connectivity index (χ1) is 19.6. The summed E-state index contributed by atoms with van der Waals surface area (Å²) in [5, 5.41) is 14.2. The Hall–Kier alpha value is -3.70. The summed E-state index contributed by atoms with van der Waals surface area (Å²) in [4.78, 5) is 44.7. The van der Waals surface area contributed by atoms with Gasteiger partial charge in [-0.05, 0) is 19.9 Å². The molecule has 5 atom stereocenters. The predicted octanol–water partition coefficient (Wildman–Crippen LogP) is 0.121. The topological polar surface area (TPSA) is 112 Å². The summed E-state index contributed by atoms with van der Waals surface area (Å²) in [6, 6.07) is -0.741. The first-order valence-electron chi connectivity index (χ1n) is 13.4. The number of carbonyl (C=O) groups is 3. The Morgan fingerprint density at radius 3 is 2.68 bits per heavy atom. The van der Waals surface area contributed by atoms with Crippen LogP contribution in [-0.2, 0) is 14.4 Å². The SMILES string of the molecule is CC#CCN(C=O)C(=O)C1=C(NC)N(C)CN1[C@@H](C)C(=O)NC1=CSC(C2=CNC(N3CC4C(C3)C4(F)F)C=C2)N1. The molecule has 0 bridgehead atoms. The van der Waals surface area contributed by atoms with Crippen molar-refractivity contribution in [1.82, 2.24) is 40.9 Å². The molecule has 1 saturated heterocycles. The number of imide groups is 1.